The van der Waals surface area contributed by atoms with E-state index in [-0.39, 0.29) is 0 Å². The van der Waals surface area contributed by atoms with Gasteiger partial charge in [-0.15, -0.1) is 0 Å². The first-order valence-electron chi connectivity index (χ1n) is 5.14. The minimum absolute atomic E-state index is 0.539. The highest BCUT2D eigenvalue weighted by molar-refractivity contribution is 9.24. The first kappa shape index (κ1) is 17.4. The van der Waals surface area contributed by atoms with Gasteiger partial charge in [-0.25, -0.2) is 19.0 Å². The zero-order chi connectivity index (χ0) is 15.9. The van der Waals surface area contributed by atoms with Crippen LogP contribution in [0.5, 0.6) is 0 Å². The Morgan fingerprint density at radius 3 is 1.95 bits per heavy atom. The Labute approximate surface area is 159 Å². The fourth-order valence-corrected chi connectivity index (χ4v) is 4.98. The van der Waals surface area contributed by atoms with Gasteiger partial charge in [0.05, 0.1) is 0 Å². The molecule has 1 heterocycles. The van der Waals surface area contributed by atoms with Gasteiger partial charge in [-0.3, -0.25) is 9.97 Å². The number of hydrogen-bond acceptors (Lipinski definition) is 3. The third-order valence-electron chi connectivity index (χ3n) is 2.49. The minimum atomic E-state index is -1.35. The summed E-state index contributed by atoms with van der Waals surface area (Å²) in [7, 11) is 0. The van der Waals surface area contributed by atoms with Crippen molar-refractivity contribution in [2.24, 2.45) is 0 Å². The largest absolute Gasteiger partial charge is 0.335 e. The van der Waals surface area contributed by atoms with E-state index in [4.69, 9.17) is 0 Å². The molecule has 0 bridgehead atoms. The number of nitrogens with zero attached hydrogens (tertiary/aromatic N) is 1. The number of alkyl halides is 2. The molecule has 0 saturated carbocycles. The third-order valence-corrected chi connectivity index (χ3v) is 7.42. The van der Waals surface area contributed by atoms with Gasteiger partial charge in [0.2, 0.25) is 0 Å². The second-order valence-electron chi connectivity index (χ2n) is 3.79. The number of hydrogen-bond donors (Lipinski definition) is 2. The van der Waals surface area contributed by atoms with Crippen LogP contribution in [0.25, 0.3) is 0 Å². The number of nitrogens with one attached hydrogen (secondary N) is 2. The van der Waals surface area contributed by atoms with Crippen LogP contribution in [-0.4, -0.2) is 14.5 Å². The van der Waals surface area contributed by atoms with Crippen LogP contribution < -0.4 is 17.1 Å². The molecule has 0 atom stereocenters. The molecular weight excluding hydrogens is 610 g/mol. The fourth-order valence-electron chi connectivity index (χ4n) is 1.56. The lowest BCUT2D eigenvalue weighted by atomic mass is 10.2. The van der Waals surface area contributed by atoms with Gasteiger partial charge in [0.1, 0.15) is 0 Å². The Morgan fingerprint density at radius 2 is 1.43 bits per heavy atom. The van der Waals surface area contributed by atoms with Gasteiger partial charge in [-0.1, -0.05) is 6.07 Å². The van der Waals surface area contributed by atoms with E-state index < -0.39 is 20.4 Å². The van der Waals surface area contributed by atoms with Gasteiger partial charge in [0.25, 0.3) is 0 Å². The average molecular weight is 614 g/mol. The second-order valence-corrected chi connectivity index (χ2v) is 9.59. The molecular formula is C10H4Br5N3O3. The summed E-state index contributed by atoms with van der Waals surface area (Å²) in [6.07, 6.45) is 0. The second kappa shape index (κ2) is 6.26. The van der Waals surface area contributed by atoms with Gasteiger partial charge in [-0.2, -0.15) is 0 Å². The van der Waals surface area contributed by atoms with Crippen LogP contribution in [0.15, 0.2) is 39.9 Å². The van der Waals surface area contributed by atoms with Crippen molar-refractivity contribution in [3.05, 3.63) is 62.6 Å². The molecule has 112 valence electrons. The van der Waals surface area contributed by atoms with Crippen molar-refractivity contribution in [3.63, 3.8) is 0 Å². The normalized spacial score (nSPS) is 11.7. The van der Waals surface area contributed by atoms with E-state index in [1.54, 1.807) is 12.1 Å². The summed E-state index contributed by atoms with van der Waals surface area (Å²) in [6, 6.07) is 3.44. The van der Waals surface area contributed by atoms with E-state index in [0.717, 1.165) is 9.04 Å². The summed E-state index contributed by atoms with van der Waals surface area (Å²) in [6.45, 7) is 0. The number of aromatic amines is 2. The number of aromatic nitrogens is 3. The standard InChI is InChI=1S/C10H4Br5N3O3/c11-4-2-1-3(5(12)6(4)13)10(14,15)18-8(20)16-7(19)17-9(18)21/h1-2H,(H2,16,17,19,20,21). The molecule has 0 unspecified atom stereocenters. The van der Waals surface area contributed by atoms with E-state index >= 15 is 0 Å². The lowest BCUT2D eigenvalue weighted by Crippen LogP contribution is -2.49. The summed E-state index contributed by atoms with van der Waals surface area (Å²) in [5, 5.41) is 0. The van der Waals surface area contributed by atoms with Crippen LogP contribution in [0.4, 0.5) is 0 Å². The van der Waals surface area contributed by atoms with Crippen LogP contribution >= 0.6 is 79.6 Å². The molecule has 11 heteroatoms. The summed E-state index contributed by atoms with van der Waals surface area (Å²) in [5.41, 5.74) is -2.04. The summed E-state index contributed by atoms with van der Waals surface area (Å²) >= 11 is 16.7. The number of H-pyrrole nitrogens is 2. The van der Waals surface area contributed by atoms with E-state index in [9.17, 15) is 14.4 Å². The zero-order valence-corrected chi connectivity index (χ0v) is 17.6. The summed E-state index contributed by atoms with van der Waals surface area (Å²) in [4.78, 5) is 39.0. The van der Waals surface area contributed by atoms with E-state index in [0.29, 0.717) is 14.5 Å². The van der Waals surface area contributed by atoms with Crippen molar-refractivity contribution in [2.75, 3.05) is 0 Å². The minimum Gasteiger partial charge on any atom is -0.259 e. The van der Waals surface area contributed by atoms with Crippen molar-refractivity contribution < 1.29 is 0 Å². The van der Waals surface area contributed by atoms with Crippen molar-refractivity contribution >= 4 is 79.6 Å². The van der Waals surface area contributed by atoms with Crippen molar-refractivity contribution in [2.45, 2.75) is 3.36 Å². The molecule has 0 radical (unpaired) electrons. The maximum absolute atomic E-state index is 11.9. The number of rotatable bonds is 2. The Bertz CT molecular complexity index is 848. The molecule has 0 saturated heterocycles. The molecule has 0 spiro atoms. The molecule has 0 fully saturated rings. The van der Waals surface area contributed by atoms with Crippen LogP contribution in [0.1, 0.15) is 5.56 Å². The van der Waals surface area contributed by atoms with Gasteiger partial charge >= 0.3 is 17.1 Å². The lowest BCUT2D eigenvalue weighted by molar-refractivity contribution is 0.619. The first-order valence-corrected chi connectivity index (χ1v) is 9.10. The fraction of sp³-hybridized carbons (Fsp3) is 0.100. The van der Waals surface area contributed by atoms with Crippen molar-refractivity contribution in [3.8, 4) is 0 Å². The van der Waals surface area contributed by atoms with E-state index in [2.05, 4.69) is 79.6 Å². The molecule has 2 N–H and O–H groups in total. The monoisotopic (exact) mass is 609 g/mol. The lowest BCUT2D eigenvalue weighted by Gasteiger charge is -2.24. The quantitative estimate of drug-likeness (QED) is 0.404. The predicted octanol–water partition coefficient (Wildman–Crippen LogP) is 2.96. The Morgan fingerprint density at radius 1 is 0.905 bits per heavy atom. The zero-order valence-electron chi connectivity index (χ0n) is 9.72. The van der Waals surface area contributed by atoms with Crippen LogP contribution in [-0.2, 0) is 3.36 Å². The first-order chi connectivity index (χ1) is 9.66. The van der Waals surface area contributed by atoms with Crippen molar-refractivity contribution in [1.82, 2.24) is 14.5 Å². The maximum Gasteiger partial charge on any atom is 0.335 e. The summed E-state index contributed by atoms with van der Waals surface area (Å²) < 4.78 is 1.56. The molecule has 1 aromatic carbocycles. The Hall–Kier alpha value is 0.0300. The molecule has 0 amide bonds. The van der Waals surface area contributed by atoms with Gasteiger partial charge in [-0.05, 0) is 85.7 Å². The highest BCUT2D eigenvalue weighted by atomic mass is 79.9. The molecule has 6 nitrogen and oxygen atoms in total. The molecule has 2 rings (SSSR count). The molecule has 21 heavy (non-hydrogen) atoms. The molecule has 0 aliphatic carbocycles. The van der Waals surface area contributed by atoms with Crippen LogP contribution in [0.2, 0.25) is 0 Å². The smallest absolute Gasteiger partial charge is 0.259 e. The van der Waals surface area contributed by atoms with E-state index in [1.807, 2.05) is 9.97 Å². The molecule has 2 aromatic rings. The third kappa shape index (κ3) is 3.21. The summed E-state index contributed by atoms with van der Waals surface area (Å²) in [5.74, 6) is 0. The maximum atomic E-state index is 11.9. The predicted molar refractivity (Wildman–Crippen MR) is 96.4 cm³/mol. The van der Waals surface area contributed by atoms with Crippen LogP contribution in [0, 0.1) is 0 Å². The topological polar surface area (TPSA) is 87.7 Å². The van der Waals surface area contributed by atoms with Crippen molar-refractivity contribution in [1.29, 1.82) is 0 Å². The molecule has 0 aliphatic rings. The van der Waals surface area contributed by atoms with Gasteiger partial charge in [0, 0.05) is 19.0 Å². The highest BCUT2D eigenvalue weighted by Crippen LogP contribution is 2.45. The number of benzene rings is 1. The Kier molecular flexibility index (Phi) is 5.19. The van der Waals surface area contributed by atoms with Crippen LogP contribution in [0.3, 0.4) is 0 Å². The number of halogens is 5. The van der Waals surface area contributed by atoms with E-state index in [1.165, 1.54) is 0 Å². The van der Waals surface area contributed by atoms with Gasteiger partial charge in [0.15, 0.2) is 3.36 Å². The van der Waals surface area contributed by atoms with Gasteiger partial charge < -0.3 is 0 Å². The average Bonchev–Trinajstić information content (AvgIpc) is 2.33. The SMILES string of the molecule is O=c1[nH]c(=O)n(C(Br)(Br)c2ccc(Br)c(Br)c2Br)c(=O)[nH]1. The highest BCUT2D eigenvalue weighted by Gasteiger charge is 2.34. The Balaban J connectivity index is 2.81. The molecule has 0 aliphatic heterocycles. The molecule has 1 aromatic heterocycles.